The topological polar surface area (TPSA) is 70.6 Å². The SMILES string of the molecule is O=C1[C@H]2CC=CC[C@@H]2C(=O)N1CCC(=O)N1CCCC[C@H]1c1nc2ccccc2s1. The molecule has 3 heterocycles. The van der Waals surface area contributed by atoms with Crippen molar-refractivity contribution in [2.75, 3.05) is 13.1 Å². The van der Waals surface area contributed by atoms with Gasteiger partial charge < -0.3 is 4.90 Å². The Labute approximate surface area is 179 Å². The highest BCUT2D eigenvalue weighted by atomic mass is 32.1. The summed E-state index contributed by atoms with van der Waals surface area (Å²) < 4.78 is 1.13. The van der Waals surface area contributed by atoms with Crippen LogP contribution < -0.4 is 0 Å². The molecule has 2 aliphatic heterocycles. The average molecular weight is 424 g/mol. The fraction of sp³-hybridized carbons (Fsp3) is 0.478. The van der Waals surface area contributed by atoms with E-state index >= 15 is 0 Å². The maximum atomic E-state index is 13.1. The van der Waals surface area contributed by atoms with Crippen LogP contribution in [0.4, 0.5) is 0 Å². The molecule has 0 unspecified atom stereocenters. The van der Waals surface area contributed by atoms with E-state index in [1.807, 2.05) is 35.3 Å². The smallest absolute Gasteiger partial charge is 0.233 e. The van der Waals surface area contributed by atoms with E-state index in [4.69, 9.17) is 4.98 Å². The summed E-state index contributed by atoms with van der Waals surface area (Å²) in [6.07, 6.45) is 8.37. The van der Waals surface area contributed by atoms with Crippen LogP contribution in [0.25, 0.3) is 10.2 Å². The Balaban J connectivity index is 1.29. The van der Waals surface area contributed by atoms with Gasteiger partial charge in [0, 0.05) is 19.5 Å². The largest absolute Gasteiger partial charge is 0.333 e. The van der Waals surface area contributed by atoms with Crippen molar-refractivity contribution < 1.29 is 14.4 Å². The maximum Gasteiger partial charge on any atom is 0.233 e. The number of likely N-dealkylation sites (tertiary alicyclic amines) is 2. The maximum absolute atomic E-state index is 13.1. The zero-order chi connectivity index (χ0) is 20.7. The average Bonchev–Trinajstić information content (AvgIpc) is 3.32. The second-order valence-corrected chi connectivity index (χ2v) is 9.41. The van der Waals surface area contributed by atoms with Gasteiger partial charge in [0.25, 0.3) is 0 Å². The number of benzene rings is 1. The predicted octanol–water partition coefficient (Wildman–Crippen LogP) is 3.69. The molecule has 156 valence electrons. The van der Waals surface area contributed by atoms with Crippen molar-refractivity contribution in [3.63, 3.8) is 0 Å². The number of thiazole rings is 1. The Kier molecular flexibility index (Phi) is 5.15. The van der Waals surface area contributed by atoms with Gasteiger partial charge in [-0.05, 0) is 44.2 Å². The van der Waals surface area contributed by atoms with E-state index in [9.17, 15) is 14.4 Å². The first-order chi connectivity index (χ1) is 14.6. The molecule has 2 fully saturated rings. The van der Waals surface area contributed by atoms with E-state index in [2.05, 4.69) is 6.07 Å². The summed E-state index contributed by atoms with van der Waals surface area (Å²) in [5.41, 5.74) is 0.972. The van der Waals surface area contributed by atoms with E-state index in [0.29, 0.717) is 19.4 Å². The number of hydrogen-bond donors (Lipinski definition) is 0. The molecule has 3 aliphatic rings. The summed E-state index contributed by atoms with van der Waals surface area (Å²) in [7, 11) is 0. The van der Waals surface area contributed by atoms with Crippen molar-refractivity contribution in [2.24, 2.45) is 11.8 Å². The second-order valence-electron chi connectivity index (χ2n) is 8.35. The first-order valence-corrected chi connectivity index (χ1v) is 11.6. The number of amides is 3. The van der Waals surface area contributed by atoms with E-state index in [1.165, 1.54) is 4.90 Å². The molecule has 0 N–H and O–H groups in total. The molecule has 2 aromatic rings. The minimum Gasteiger partial charge on any atom is -0.333 e. The Morgan fingerprint density at radius 3 is 2.53 bits per heavy atom. The molecule has 0 spiro atoms. The van der Waals surface area contributed by atoms with Crippen molar-refractivity contribution in [2.45, 2.75) is 44.6 Å². The highest BCUT2D eigenvalue weighted by molar-refractivity contribution is 7.18. The number of imide groups is 1. The van der Waals surface area contributed by atoms with E-state index in [0.717, 1.165) is 34.5 Å². The van der Waals surface area contributed by atoms with Crippen molar-refractivity contribution in [3.05, 3.63) is 41.4 Å². The molecule has 1 aromatic heterocycles. The Hall–Kier alpha value is -2.54. The molecule has 5 rings (SSSR count). The number of allylic oxidation sites excluding steroid dienone is 2. The van der Waals surface area contributed by atoms with Crippen LogP contribution >= 0.6 is 11.3 Å². The highest BCUT2D eigenvalue weighted by Crippen LogP contribution is 2.37. The third kappa shape index (κ3) is 3.35. The third-order valence-corrected chi connectivity index (χ3v) is 7.70. The van der Waals surface area contributed by atoms with Gasteiger partial charge in [-0.15, -0.1) is 11.3 Å². The Morgan fingerprint density at radius 1 is 1.07 bits per heavy atom. The van der Waals surface area contributed by atoms with Crippen molar-refractivity contribution in [1.29, 1.82) is 0 Å². The Morgan fingerprint density at radius 2 is 1.80 bits per heavy atom. The molecule has 0 saturated carbocycles. The number of para-hydroxylation sites is 1. The number of nitrogens with zero attached hydrogens (tertiary/aromatic N) is 3. The van der Waals surface area contributed by atoms with Gasteiger partial charge >= 0.3 is 0 Å². The van der Waals surface area contributed by atoms with Crippen LogP contribution in [0.3, 0.4) is 0 Å². The van der Waals surface area contributed by atoms with Crippen molar-refractivity contribution in [3.8, 4) is 0 Å². The fourth-order valence-electron chi connectivity index (χ4n) is 4.96. The molecule has 0 radical (unpaired) electrons. The number of fused-ring (bicyclic) bond motifs is 2. The lowest BCUT2D eigenvalue weighted by Gasteiger charge is -2.35. The zero-order valence-electron chi connectivity index (χ0n) is 16.8. The summed E-state index contributed by atoms with van der Waals surface area (Å²) in [6.45, 7) is 0.892. The number of rotatable bonds is 4. The molecule has 30 heavy (non-hydrogen) atoms. The lowest BCUT2D eigenvalue weighted by Crippen LogP contribution is -2.41. The molecule has 3 atom stereocenters. The van der Waals surface area contributed by atoms with Gasteiger partial charge in [0.1, 0.15) is 5.01 Å². The van der Waals surface area contributed by atoms with Crippen LogP contribution in [0.2, 0.25) is 0 Å². The van der Waals surface area contributed by atoms with Gasteiger partial charge in [-0.3, -0.25) is 19.3 Å². The number of carbonyl (C=O) groups is 3. The lowest BCUT2D eigenvalue weighted by atomic mass is 9.85. The molecule has 1 aromatic carbocycles. The third-order valence-electron chi connectivity index (χ3n) is 6.57. The Bertz CT molecular complexity index is 971. The monoisotopic (exact) mass is 423 g/mol. The van der Waals surface area contributed by atoms with Crippen LogP contribution in [-0.4, -0.2) is 45.6 Å². The summed E-state index contributed by atoms with van der Waals surface area (Å²) in [6, 6.07) is 8.03. The minimum atomic E-state index is -0.233. The van der Waals surface area contributed by atoms with Crippen LogP contribution in [0.15, 0.2) is 36.4 Å². The summed E-state index contributed by atoms with van der Waals surface area (Å²) in [5.74, 6) is -0.675. The second kappa shape index (κ2) is 7.95. The molecule has 3 amide bonds. The van der Waals surface area contributed by atoms with Crippen molar-refractivity contribution >= 4 is 39.3 Å². The molecule has 6 nitrogen and oxygen atoms in total. The van der Waals surface area contributed by atoms with E-state index in [1.54, 1.807) is 11.3 Å². The quantitative estimate of drug-likeness (QED) is 0.555. The van der Waals surface area contributed by atoms with Gasteiger partial charge in [-0.2, -0.15) is 0 Å². The molecular weight excluding hydrogens is 398 g/mol. The number of carbonyl (C=O) groups excluding carboxylic acids is 3. The first kappa shape index (κ1) is 19.4. The summed E-state index contributed by atoms with van der Waals surface area (Å²) in [5, 5.41) is 0.981. The van der Waals surface area contributed by atoms with Gasteiger partial charge in [0.2, 0.25) is 17.7 Å². The normalized spacial score (nSPS) is 26.5. The molecule has 2 saturated heterocycles. The summed E-state index contributed by atoms with van der Waals surface area (Å²) >= 11 is 1.65. The van der Waals surface area contributed by atoms with Gasteiger partial charge in [-0.25, -0.2) is 4.98 Å². The molecular formula is C23H25N3O3S. The molecule has 0 bridgehead atoms. The number of aromatic nitrogens is 1. The van der Waals surface area contributed by atoms with Crippen LogP contribution in [0, 0.1) is 11.8 Å². The van der Waals surface area contributed by atoms with Crippen LogP contribution in [-0.2, 0) is 14.4 Å². The number of hydrogen-bond acceptors (Lipinski definition) is 5. The van der Waals surface area contributed by atoms with Crippen LogP contribution in [0.5, 0.6) is 0 Å². The van der Waals surface area contributed by atoms with E-state index < -0.39 is 0 Å². The zero-order valence-corrected chi connectivity index (χ0v) is 17.6. The highest BCUT2D eigenvalue weighted by Gasteiger charge is 2.47. The van der Waals surface area contributed by atoms with Gasteiger partial charge in [0.15, 0.2) is 0 Å². The molecule has 7 heteroatoms. The van der Waals surface area contributed by atoms with Crippen molar-refractivity contribution in [1.82, 2.24) is 14.8 Å². The standard InChI is InChI=1S/C23H25N3O3S/c27-20(12-14-26-22(28)15-7-1-2-8-16(15)23(26)29)25-13-6-5-10-18(25)21-24-17-9-3-4-11-19(17)30-21/h1-4,9,11,15-16,18H,5-8,10,12-14H2/t15-,16-,18-/m0/s1. The van der Waals surface area contributed by atoms with Crippen LogP contribution in [0.1, 0.15) is 49.6 Å². The summed E-state index contributed by atoms with van der Waals surface area (Å²) in [4.78, 5) is 46.5. The van der Waals surface area contributed by atoms with E-state index in [-0.39, 0.29) is 48.6 Å². The fourth-order valence-corrected chi connectivity index (χ4v) is 6.08. The predicted molar refractivity (Wildman–Crippen MR) is 115 cm³/mol. The van der Waals surface area contributed by atoms with Gasteiger partial charge in [-0.1, -0.05) is 24.3 Å². The minimum absolute atomic E-state index is 0.00699. The molecule has 1 aliphatic carbocycles. The lowest BCUT2D eigenvalue weighted by molar-refractivity contribution is -0.141. The van der Waals surface area contributed by atoms with Gasteiger partial charge in [0.05, 0.1) is 28.1 Å². The first-order valence-electron chi connectivity index (χ1n) is 10.8. The number of piperidine rings is 1.